The maximum atomic E-state index is 10.4. The van der Waals surface area contributed by atoms with Crippen molar-refractivity contribution >= 4 is 18.4 Å². The Kier molecular flexibility index (Phi) is 4.15. The maximum Gasteiger partial charge on any atom is 0.321 e. The molecule has 1 fully saturated rings. The fourth-order valence-corrected chi connectivity index (χ4v) is 1.06. The molecule has 1 unspecified atom stereocenters. The number of hydrogen-bond donors (Lipinski definition) is 2. The summed E-state index contributed by atoms with van der Waals surface area (Å²) >= 11 is 0. The first kappa shape index (κ1) is 10.5. The lowest BCUT2D eigenvalue weighted by Crippen LogP contribution is -2.40. The fraction of sp³-hybridized carbons (Fsp3) is 0.571. The van der Waals surface area contributed by atoms with Crippen LogP contribution in [0.2, 0.25) is 0 Å². The standard InChI is InChI=1S/C7H11NO2.ClH/c1-5-2-3-8-6(4-5)7(9)10;/h6,8H,1-4H2,(H,9,10);1H. The molecule has 1 saturated heterocycles. The minimum absolute atomic E-state index is 0. The second-order valence-corrected chi connectivity index (χ2v) is 2.55. The van der Waals surface area contributed by atoms with Crippen molar-refractivity contribution < 1.29 is 9.90 Å². The second kappa shape index (κ2) is 4.36. The Morgan fingerprint density at radius 3 is 2.73 bits per heavy atom. The fourth-order valence-electron chi connectivity index (χ4n) is 1.06. The predicted molar refractivity (Wildman–Crippen MR) is 45.0 cm³/mol. The van der Waals surface area contributed by atoms with E-state index in [9.17, 15) is 4.79 Å². The monoisotopic (exact) mass is 177 g/mol. The molecule has 11 heavy (non-hydrogen) atoms. The Hall–Kier alpha value is -0.540. The maximum absolute atomic E-state index is 10.4. The van der Waals surface area contributed by atoms with Crippen LogP contribution in [0.1, 0.15) is 12.8 Å². The molecule has 3 nitrogen and oxygen atoms in total. The quantitative estimate of drug-likeness (QED) is 0.583. The summed E-state index contributed by atoms with van der Waals surface area (Å²) in [6, 6.07) is -0.402. The number of carboxylic acid groups (broad SMARTS) is 1. The number of nitrogens with one attached hydrogen (secondary N) is 1. The summed E-state index contributed by atoms with van der Waals surface area (Å²) in [7, 11) is 0. The van der Waals surface area contributed by atoms with Crippen LogP contribution in [0, 0.1) is 0 Å². The Labute approximate surface area is 71.9 Å². The molecular formula is C7H12ClNO2. The average molecular weight is 178 g/mol. The minimum atomic E-state index is -0.777. The van der Waals surface area contributed by atoms with Crippen LogP contribution in [0.25, 0.3) is 0 Å². The van der Waals surface area contributed by atoms with Crippen molar-refractivity contribution in [1.29, 1.82) is 0 Å². The zero-order valence-corrected chi connectivity index (χ0v) is 6.99. The highest BCUT2D eigenvalue weighted by Crippen LogP contribution is 2.12. The largest absolute Gasteiger partial charge is 0.480 e. The third-order valence-corrected chi connectivity index (χ3v) is 1.66. The van der Waals surface area contributed by atoms with Gasteiger partial charge in [-0.2, -0.15) is 0 Å². The lowest BCUT2D eigenvalue weighted by Gasteiger charge is -2.21. The second-order valence-electron chi connectivity index (χ2n) is 2.55. The summed E-state index contributed by atoms with van der Waals surface area (Å²) in [6.45, 7) is 4.49. The van der Waals surface area contributed by atoms with Gasteiger partial charge in [0, 0.05) is 0 Å². The van der Waals surface area contributed by atoms with E-state index in [2.05, 4.69) is 11.9 Å². The average Bonchev–Trinajstić information content (AvgIpc) is 1.88. The lowest BCUT2D eigenvalue weighted by atomic mass is 10.0. The zero-order valence-electron chi connectivity index (χ0n) is 6.17. The highest BCUT2D eigenvalue weighted by atomic mass is 35.5. The number of aliphatic carboxylic acids is 1. The van der Waals surface area contributed by atoms with Crippen LogP contribution in [-0.2, 0) is 4.79 Å². The van der Waals surface area contributed by atoms with Crippen molar-refractivity contribution in [2.75, 3.05) is 6.54 Å². The lowest BCUT2D eigenvalue weighted by molar-refractivity contribution is -0.139. The summed E-state index contributed by atoms with van der Waals surface area (Å²) in [5.74, 6) is -0.777. The first-order chi connectivity index (χ1) is 4.70. The van der Waals surface area contributed by atoms with Gasteiger partial charge in [-0.3, -0.25) is 4.79 Å². The van der Waals surface area contributed by atoms with Crippen LogP contribution < -0.4 is 5.32 Å². The minimum Gasteiger partial charge on any atom is -0.480 e. The molecule has 1 aliphatic rings. The number of carboxylic acids is 1. The number of hydrogen-bond acceptors (Lipinski definition) is 2. The highest BCUT2D eigenvalue weighted by molar-refractivity contribution is 5.85. The third-order valence-electron chi connectivity index (χ3n) is 1.66. The normalized spacial score (nSPS) is 24.0. The molecule has 1 aliphatic heterocycles. The van der Waals surface area contributed by atoms with Gasteiger partial charge >= 0.3 is 5.97 Å². The number of halogens is 1. The molecule has 1 heterocycles. The van der Waals surface area contributed by atoms with Crippen LogP contribution in [0.5, 0.6) is 0 Å². The molecule has 0 amide bonds. The van der Waals surface area contributed by atoms with E-state index in [-0.39, 0.29) is 12.4 Å². The van der Waals surface area contributed by atoms with Crippen molar-refractivity contribution in [3.05, 3.63) is 12.2 Å². The van der Waals surface area contributed by atoms with Crippen molar-refractivity contribution in [1.82, 2.24) is 5.32 Å². The van der Waals surface area contributed by atoms with Gasteiger partial charge in [-0.1, -0.05) is 12.2 Å². The molecule has 0 saturated carbocycles. The summed E-state index contributed by atoms with van der Waals surface area (Å²) in [5.41, 5.74) is 1.03. The number of piperidine rings is 1. The Morgan fingerprint density at radius 2 is 2.36 bits per heavy atom. The van der Waals surface area contributed by atoms with Crippen LogP contribution in [0.15, 0.2) is 12.2 Å². The van der Waals surface area contributed by atoms with Crippen molar-refractivity contribution in [3.8, 4) is 0 Å². The van der Waals surface area contributed by atoms with E-state index in [4.69, 9.17) is 5.11 Å². The molecule has 1 rings (SSSR count). The van der Waals surface area contributed by atoms with E-state index < -0.39 is 12.0 Å². The molecular weight excluding hydrogens is 166 g/mol. The van der Waals surface area contributed by atoms with Gasteiger partial charge in [-0.25, -0.2) is 0 Å². The molecule has 0 spiro atoms. The van der Waals surface area contributed by atoms with Gasteiger partial charge < -0.3 is 10.4 Å². The van der Waals surface area contributed by atoms with E-state index in [0.29, 0.717) is 6.42 Å². The SMILES string of the molecule is C=C1CCNC(C(=O)O)C1.Cl. The van der Waals surface area contributed by atoms with Gasteiger partial charge in [-0.05, 0) is 19.4 Å². The van der Waals surface area contributed by atoms with Crippen LogP contribution in [-0.4, -0.2) is 23.7 Å². The smallest absolute Gasteiger partial charge is 0.321 e. The van der Waals surface area contributed by atoms with E-state index in [1.807, 2.05) is 0 Å². The van der Waals surface area contributed by atoms with Gasteiger partial charge in [-0.15, -0.1) is 12.4 Å². The molecule has 1 atom stereocenters. The third kappa shape index (κ3) is 2.91. The van der Waals surface area contributed by atoms with Crippen molar-refractivity contribution in [3.63, 3.8) is 0 Å². The van der Waals surface area contributed by atoms with Crippen LogP contribution >= 0.6 is 12.4 Å². The molecule has 0 aliphatic carbocycles. The summed E-state index contributed by atoms with van der Waals surface area (Å²) in [4.78, 5) is 10.4. The first-order valence-corrected chi connectivity index (χ1v) is 3.33. The van der Waals surface area contributed by atoms with Crippen molar-refractivity contribution in [2.24, 2.45) is 0 Å². The summed E-state index contributed by atoms with van der Waals surface area (Å²) < 4.78 is 0. The highest BCUT2D eigenvalue weighted by Gasteiger charge is 2.20. The molecule has 0 radical (unpaired) electrons. The number of rotatable bonds is 1. The Balaban J connectivity index is 0.000001000. The van der Waals surface area contributed by atoms with Gasteiger partial charge in [0.1, 0.15) is 6.04 Å². The van der Waals surface area contributed by atoms with Crippen LogP contribution in [0.4, 0.5) is 0 Å². The van der Waals surface area contributed by atoms with Gasteiger partial charge in [0.25, 0.3) is 0 Å². The Morgan fingerprint density at radius 1 is 1.73 bits per heavy atom. The predicted octanol–water partition coefficient (Wildman–Crippen LogP) is 0.801. The Bertz CT molecular complexity index is 168. The van der Waals surface area contributed by atoms with E-state index in [0.717, 1.165) is 18.5 Å². The zero-order chi connectivity index (χ0) is 7.56. The number of carbonyl (C=O) groups is 1. The van der Waals surface area contributed by atoms with Crippen LogP contribution in [0.3, 0.4) is 0 Å². The molecule has 0 aromatic carbocycles. The molecule has 2 N–H and O–H groups in total. The first-order valence-electron chi connectivity index (χ1n) is 3.33. The van der Waals surface area contributed by atoms with E-state index in [1.165, 1.54) is 0 Å². The molecule has 0 bridgehead atoms. The molecule has 64 valence electrons. The van der Waals surface area contributed by atoms with Crippen molar-refractivity contribution in [2.45, 2.75) is 18.9 Å². The molecule has 0 aromatic heterocycles. The van der Waals surface area contributed by atoms with Gasteiger partial charge in [0.05, 0.1) is 0 Å². The summed E-state index contributed by atoms with van der Waals surface area (Å²) in [5, 5.41) is 11.4. The van der Waals surface area contributed by atoms with E-state index in [1.54, 1.807) is 0 Å². The molecule has 0 aromatic rings. The summed E-state index contributed by atoms with van der Waals surface area (Å²) in [6.07, 6.45) is 1.49. The van der Waals surface area contributed by atoms with Gasteiger partial charge in [0.2, 0.25) is 0 Å². The van der Waals surface area contributed by atoms with Gasteiger partial charge in [0.15, 0.2) is 0 Å². The molecule has 4 heteroatoms. The van der Waals surface area contributed by atoms with E-state index >= 15 is 0 Å². The topological polar surface area (TPSA) is 49.3 Å².